The highest BCUT2D eigenvalue weighted by Gasteiger charge is 2.32. The van der Waals surface area contributed by atoms with Gasteiger partial charge in [-0.15, -0.1) is 0 Å². The molecule has 0 atom stereocenters. The summed E-state index contributed by atoms with van der Waals surface area (Å²) in [5.41, 5.74) is -2.08. The third kappa shape index (κ3) is 36.5. The zero-order valence-corrected chi connectivity index (χ0v) is 79.0. The quantitative estimate of drug-likeness (QED) is 0.0161. The van der Waals surface area contributed by atoms with Gasteiger partial charge in [0.15, 0.2) is 104 Å². The van der Waals surface area contributed by atoms with E-state index >= 15 is 0 Å². The second-order valence-corrected chi connectivity index (χ2v) is 36.2. The maximum absolute atomic E-state index is 12.0. The Morgan fingerprint density at radius 3 is 1.04 bits per heavy atom. The number of phenolic OH excluding ortho intramolecular Hbond substituents is 14. The van der Waals surface area contributed by atoms with Gasteiger partial charge in [0.2, 0.25) is 46.3 Å². The smallest absolute Gasteiger partial charge is 0.340 e. The molecular weight excluding hydrogens is 1830 g/mol. The number of carbonyl (C=O) groups excluding carboxylic acids is 12. The van der Waals surface area contributed by atoms with E-state index in [-0.39, 0.29) is 165 Å². The first-order valence-electron chi connectivity index (χ1n) is 39.5. The fourth-order valence-corrected chi connectivity index (χ4v) is 11.5. The highest BCUT2D eigenvalue weighted by molar-refractivity contribution is 6.50. The molecule has 0 aromatic heterocycles. The molecular formula is C93H107Cl5N2O32. The van der Waals surface area contributed by atoms with E-state index in [4.69, 9.17) is 98.9 Å². The number of hydrogen-bond donors (Lipinski definition) is 20. The number of benzene rings is 8. The molecule has 2 amide bonds. The van der Waals surface area contributed by atoms with E-state index in [1.165, 1.54) is 54.6 Å². The lowest BCUT2D eigenvalue weighted by molar-refractivity contribution is -0.117. The van der Waals surface area contributed by atoms with E-state index in [0.717, 1.165) is 48.5 Å². The molecule has 0 heterocycles. The van der Waals surface area contributed by atoms with Gasteiger partial charge in [0.1, 0.15) is 11.1 Å². The van der Waals surface area contributed by atoms with Crippen LogP contribution >= 0.6 is 58.0 Å². The van der Waals surface area contributed by atoms with E-state index in [0.29, 0.717) is 11.1 Å². The van der Waals surface area contributed by atoms with Crippen LogP contribution in [0.15, 0.2) is 103 Å². The highest BCUT2D eigenvalue weighted by atomic mass is 35.5. The number of rotatable bonds is 23. The van der Waals surface area contributed by atoms with Crippen LogP contribution in [0.25, 0.3) is 0 Å². The Morgan fingerprint density at radius 2 is 0.629 bits per heavy atom. The van der Waals surface area contributed by atoms with Gasteiger partial charge >= 0.3 is 11.9 Å². The van der Waals surface area contributed by atoms with Crippen molar-refractivity contribution in [1.29, 1.82) is 0 Å². The van der Waals surface area contributed by atoms with Gasteiger partial charge in [-0.3, -0.25) is 57.5 Å². The van der Waals surface area contributed by atoms with Gasteiger partial charge in [-0.05, 0) is 147 Å². The minimum atomic E-state index is -1.48. The molecule has 8 aromatic carbocycles. The van der Waals surface area contributed by atoms with Crippen LogP contribution < -0.4 is 10.6 Å². The Hall–Kier alpha value is -13.4. The van der Waals surface area contributed by atoms with Crippen molar-refractivity contribution in [3.8, 4) is 92.0 Å². The molecule has 0 radical (unpaired) electrons. The van der Waals surface area contributed by atoms with Crippen LogP contribution in [0.2, 0.25) is 25.1 Å². The predicted molar refractivity (Wildman–Crippen MR) is 490 cm³/mol. The predicted octanol–water partition coefficient (Wildman–Crippen LogP) is 17.8. The zero-order valence-electron chi connectivity index (χ0n) is 75.2. The van der Waals surface area contributed by atoms with Gasteiger partial charge in [0.25, 0.3) is 11.8 Å². The number of phenols is 16. The Labute approximate surface area is 783 Å². The summed E-state index contributed by atoms with van der Waals surface area (Å²) >= 11 is 28.5. The maximum Gasteiger partial charge on any atom is 0.340 e. The van der Waals surface area contributed by atoms with Crippen molar-refractivity contribution in [2.24, 2.45) is 34.0 Å². The standard InChI is InChI=1S/C13H14Cl2O4.2C13H15ClO4.C12H13ClO4.C11H13NO5.C11H12O5.C10H13NO3.C10H12O3/c1-13(2,3)5-8(16)10(17)6-4-7(14)11(18)12(19)9(6)15;1-13(2,3)6-11(17)12(18)7-4-9(15)10(16)5-8(7)14;1-13(2,3)6-10(16)11(17)7-4-8(14)12(18)9(15)5-7;1-6(2)5-9(15)11(16)7-3-4-8(14)12(17)10(7)13;1-5(2)12-10(15)6-3-4-7(13)9(14)8(6)11(16)17;1-5(2)9(13)6-3-4-7(12)10(14)8(6)11(15)16;1-6(2)11-10(14)7-3-4-8(12)9(13)5-7;1-6(2)10(13)7-3-4-8(11)9(12)5-7/h4,18-19H,5H2,1-3H3;4-5,15-16H,6H2,1-3H3;4-5,15,18H,6H2,1-3H3;3-4,6,14,17H,5H2,1-2H3;3-5,13-14H,1-2H3,(H,12,15)(H,16,17);3-5,12,14H,1-2H3,(H,15,16);3-6,12-13H,1-2H3,(H,11,14);3-6,11-12H,1-2H3. The number of hydrogen-bond acceptors (Lipinski definition) is 30. The average Bonchev–Trinajstić information content (AvgIpc) is 0.811. The first-order valence-corrected chi connectivity index (χ1v) is 41.4. The summed E-state index contributed by atoms with van der Waals surface area (Å²) in [4.78, 5) is 162. The number of halogens is 5. The lowest BCUT2D eigenvalue weighted by Crippen LogP contribution is -2.31. The number of carboxylic acid groups (broad SMARTS) is 2. The number of carboxylic acids is 2. The van der Waals surface area contributed by atoms with E-state index in [1.54, 1.807) is 41.5 Å². The number of ketones is 10. The number of carbonyl (C=O) groups is 14. The number of nitrogens with one attached hydrogen (secondary N) is 2. The second-order valence-electron chi connectivity index (χ2n) is 34.2. The van der Waals surface area contributed by atoms with Crippen molar-refractivity contribution in [3.05, 3.63) is 184 Å². The molecule has 8 aromatic rings. The van der Waals surface area contributed by atoms with Crippen molar-refractivity contribution in [2.45, 2.75) is 169 Å². The second kappa shape index (κ2) is 50.7. The minimum absolute atomic E-state index is 0.0236. The Bertz CT molecular complexity index is 5630. The SMILES string of the molecule is CC(C)(C)CC(=O)C(=O)c1cc(Cl)c(O)c(O)c1Cl.CC(C)(C)CC(=O)C(=O)c1cc(O)c(O)c(Cl)c1.CC(C)(C)CC(=O)C(=O)c1cc(O)c(O)cc1Cl.CC(C)C(=O)c1ccc(O)c(O)c1.CC(C)C(=O)c1ccc(O)c(O)c1C(=O)O.CC(C)CC(=O)C(=O)c1ccc(O)c(O)c1Cl.CC(C)NC(=O)c1ccc(O)c(O)c1.CC(C)NC(=O)c1ccc(O)c(O)c1C(=O)O. The summed E-state index contributed by atoms with van der Waals surface area (Å²) in [5.74, 6) is -18.1. The largest absolute Gasteiger partial charge is 0.504 e. The Morgan fingerprint density at radius 1 is 0.288 bits per heavy atom. The first-order chi connectivity index (χ1) is 60.3. The van der Waals surface area contributed by atoms with Crippen molar-refractivity contribution in [2.75, 3.05) is 0 Å². The van der Waals surface area contributed by atoms with Crippen molar-refractivity contribution < 1.29 is 159 Å². The number of aromatic hydroxyl groups is 16. The third-order valence-corrected chi connectivity index (χ3v) is 18.3. The molecule has 716 valence electrons. The number of amides is 2. The van der Waals surface area contributed by atoms with Crippen LogP contribution in [0.1, 0.15) is 261 Å². The highest BCUT2D eigenvalue weighted by Crippen LogP contribution is 2.43. The van der Waals surface area contributed by atoms with Gasteiger partial charge in [0, 0.05) is 94.6 Å². The maximum atomic E-state index is 12.0. The minimum Gasteiger partial charge on any atom is -0.504 e. The van der Waals surface area contributed by atoms with Crippen molar-refractivity contribution in [1.82, 2.24) is 10.6 Å². The fourth-order valence-electron chi connectivity index (χ4n) is 10.4. The lowest BCUT2D eigenvalue weighted by Gasteiger charge is -2.16. The van der Waals surface area contributed by atoms with Crippen LogP contribution in [-0.4, -0.2) is 186 Å². The normalized spacial score (nSPS) is 10.8. The van der Waals surface area contributed by atoms with Crippen LogP contribution in [-0.2, 0) is 19.2 Å². The summed E-state index contributed by atoms with van der Waals surface area (Å²) in [6, 6.07) is 20.1. The van der Waals surface area contributed by atoms with E-state index in [2.05, 4.69) is 10.6 Å². The number of Topliss-reactive ketones (excluding diaryl/α,β-unsaturated/α-hetero) is 10. The molecule has 39 heteroatoms. The summed E-state index contributed by atoms with van der Waals surface area (Å²) in [6.45, 7) is 34.1. The van der Waals surface area contributed by atoms with Gasteiger partial charge in [0.05, 0.1) is 30.7 Å². The van der Waals surface area contributed by atoms with Gasteiger partial charge < -0.3 is 103 Å². The van der Waals surface area contributed by atoms with Crippen LogP contribution in [0.3, 0.4) is 0 Å². The molecule has 0 aliphatic heterocycles. The van der Waals surface area contributed by atoms with Crippen molar-refractivity contribution in [3.63, 3.8) is 0 Å². The summed E-state index contributed by atoms with van der Waals surface area (Å²) < 4.78 is 0. The van der Waals surface area contributed by atoms with Crippen LogP contribution in [0.4, 0.5) is 0 Å². The van der Waals surface area contributed by atoms with Crippen LogP contribution in [0.5, 0.6) is 92.0 Å². The molecule has 0 saturated heterocycles. The van der Waals surface area contributed by atoms with Gasteiger partial charge in [-0.25, -0.2) is 9.59 Å². The summed E-state index contributed by atoms with van der Waals surface area (Å²) in [7, 11) is 0. The molecule has 0 unspecified atom stereocenters. The monoisotopic (exact) mass is 1940 g/mol. The molecule has 34 nitrogen and oxygen atoms in total. The van der Waals surface area contributed by atoms with Crippen LogP contribution in [0, 0.1) is 34.0 Å². The van der Waals surface area contributed by atoms with Gasteiger partial charge in [-0.2, -0.15) is 0 Å². The van der Waals surface area contributed by atoms with E-state index in [1.807, 2.05) is 90.0 Å². The van der Waals surface area contributed by atoms with Gasteiger partial charge in [-0.1, -0.05) is 162 Å². The lowest BCUT2D eigenvalue weighted by atomic mass is 9.87. The van der Waals surface area contributed by atoms with E-state index in [9.17, 15) is 118 Å². The number of aromatic carboxylic acids is 2. The first kappa shape index (κ1) is 117. The molecule has 8 rings (SSSR count). The zero-order chi connectivity index (χ0) is 103. The molecule has 0 aliphatic carbocycles. The topological polar surface area (TPSA) is 627 Å². The fraction of sp³-hybridized carbons (Fsp3) is 0.333. The summed E-state index contributed by atoms with van der Waals surface area (Å²) in [5, 5.41) is 170. The Balaban J connectivity index is 0.000000756. The third-order valence-electron chi connectivity index (χ3n) is 16.7. The van der Waals surface area contributed by atoms with Crippen molar-refractivity contribution >= 4 is 140 Å². The molecule has 0 aliphatic rings. The molecule has 0 bridgehead atoms. The molecule has 0 spiro atoms. The van der Waals surface area contributed by atoms with E-state index < -0.39 is 150 Å². The molecule has 0 fully saturated rings. The molecule has 0 saturated carbocycles. The molecule has 132 heavy (non-hydrogen) atoms. The molecule has 20 N–H and O–H groups in total. The average molecular weight is 1940 g/mol. The Kier molecular flexibility index (Phi) is 44.8. The summed E-state index contributed by atoms with van der Waals surface area (Å²) in [6.07, 6.45) is 0.354.